The predicted molar refractivity (Wildman–Crippen MR) is 98.9 cm³/mol. The van der Waals surface area contributed by atoms with Crippen LogP contribution in [0.25, 0.3) is 0 Å². The standard InChI is InChI=1S/C16H18N6OS2/c1-11-18-20-15(25-11)17-14(23)10-24-16-21-19-13(22(16)2)9-8-12-6-4-3-5-7-12/h3-7H,8-10H2,1-2H3,(H,17,20,23). The molecule has 0 atom stereocenters. The van der Waals surface area contributed by atoms with E-state index < -0.39 is 0 Å². The van der Waals surface area contributed by atoms with Crippen LogP contribution in [0.4, 0.5) is 5.13 Å². The van der Waals surface area contributed by atoms with Crippen molar-refractivity contribution in [2.24, 2.45) is 7.05 Å². The van der Waals surface area contributed by atoms with Gasteiger partial charge in [-0.2, -0.15) is 0 Å². The van der Waals surface area contributed by atoms with Crippen LogP contribution in [0, 0.1) is 6.92 Å². The van der Waals surface area contributed by atoms with Gasteiger partial charge in [-0.15, -0.1) is 20.4 Å². The van der Waals surface area contributed by atoms with E-state index in [9.17, 15) is 4.79 Å². The van der Waals surface area contributed by atoms with E-state index in [1.165, 1.54) is 28.7 Å². The first-order chi connectivity index (χ1) is 12.1. The van der Waals surface area contributed by atoms with Gasteiger partial charge in [-0.3, -0.25) is 10.1 Å². The summed E-state index contributed by atoms with van der Waals surface area (Å²) in [5.74, 6) is 1.03. The summed E-state index contributed by atoms with van der Waals surface area (Å²) in [5.41, 5.74) is 1.27. The molecule has 7 nitrogen and oxygen atoms in total. The summed E-state index contributed by atoms with van der Waals surface area (Å²) in [6.07, 6.45) is 1.72. The van der Waals surface area contributed by atoms with Crippen molar-refractivity contribution >= 4 is 34.1 Å². The molecular formula is C16H18N6OS2. The molecule has 3 aromatic rings. The number of rotatable bonds is 7. The Morgan fingerprint density at radius 1 is 1.16 bits per heavy atom. The summed E-state index contributed by atoms with van der Waals surface area (Å²) in [6.45, 7) is 1.85. The predicted octanol–water partition coefficient (Wildman–Crippen LogP) is 2.49. The topological polar surface area (TPSA) is 85.6 Å². The molecular weight excluding hydrogens is 356 g/mol. The van der Waals surface area contributed by atoms with Crippen molar-refractivity contribution in [3.63, 3.8) is 0 Å². The first-order valence-corrected chi connectivity index (χ1v) is 9.57. The van der Waals surface area contributed by atoms with Gasteiger partial charge in [0, 0.05) is 13.5 Å². The largest absolute Gasteiger partial charge is 0.309 e. The third kappa shape index (κ3) is 4.86. The summed E-state index contributed by atoms with van der Waals surface area (Å²) >= 11 is 2.71. The lowest BCUT2D eigenvalue weighted by molar-refractivity contribution is -0.113. The highest BCUT2D eigenvalue weighted by Crippen LogP contribution is 2.18. The van der Waals surface area contributed by atoms with Crippen LogP contribution in [0.15, 0.2) is 35.5 Å². The second-order valence-electron chi connectivity index (χ2n) is 5.41. The Balaban J connectivity index is 1.51. The van der Waals surface area contributed by atoms with E-state index in [2.05, 4.69) is 37.8 Å². The molecule has 2 heterocycles. The molecule has 0 radical (unpaired) electrons. The highest BCUT2D eigenvalue weighted by molar-refractivity contribution is 7.99. The van der Waals surface area contributed by atoms with Gasteiger partial charge in [-0.1, -0.05) is 53.4 Å². The van der Waals surface area contributed by atoms with Gasteiger partial charge in [0.15, 0.2) is 5.16 Å². The van der Waals surface area contributed by atoms with Gasteiger partial charge in [-0.25, -0.2) is 0 Å². The van der Waals surface area contributed by atoms with Crippen molar-refractivity contribution in [2.45, 2.75) is 24.9 Å². The summed E-state index contributed by atoms with van der Waals surface area (Å²) in [7, 11) is 1.93. The summed E-state index contributed by atoms with van der Waals surface area (Å²) in [5, 5.41) is 21.0. The monoisotopic (exact) mass is 374 g/mol. The van der Waals surface area contributed by atoms with E-state index >= 15 is 0 Å². The maximum absolute atomic E-state index is 12.0. The van der Waals surface area contributed by atoms with Crippen LogP contribution in [0.3, 0.4) is 0 Å². The number of nitrogens with zero attached hydrogens (tertiary/aromatic N) is 5. The lowest BCUT2D eigenvalue weighted by Crippen LogP contribution is -2.14. The number of aryl methyl sites for hydroxylation is 3. The second-order valence-corrected chi connectivity index (χ2v) is 7.53. The Morgan fingerprint density at radius 3 is 2.68 bits per heavy atom. The van der Waals surface area contributed by atoms with E-state index in [-0.39, 0.29) is 11.7 Å². The number of thioether (sulfide) groups is 1. The quantitative estimate of drug-likeness (QED) is 0.640. The molecule has 0 bridgehead atoms. The summed E-state index contributed by atoms with van der Waals surface area (Å²) in [6, 6.07) is 10.3. The second kappa shape index (κ2) is 8.21. The average Bonchev–Trinajstić information content (AvgIpc) is 3.18. The van der Waals surface area contributed by atoms with E-state index in [1.54, 1.807) is 0 Å². The number of carbonyl (C=O) groups excluding carboxylic acids is 1. The number of benzene rings is 1. The molecule has 1 N–H and O–H groups in total. The fourth-order valence-electron chi connectivity index (χ4n) is 2.22. The minimum absolute atomic E-state index is 0.130. The maximum atomic E-state index is 12.0. The van der Waals surface area contributed by atoms with Crippen molar-refractivity contribution < 1.29 is 4.79 Å². The number of aromatic nitrogens is 5. The lowest BCUT2D eigenvalue weighted by Gasteiger charge is -2.04. The number of hydrogen-bond donors (Lipinski definition) is 1. The van der Waals surface area contributed by atoms with E-state index in [1.807, 2.05) is 36.7 Å². The molecule has 0 unspecified atom stereocenters. The fraction of sp³-hybridized carbons (Fsp3) is 0.312. The number of carbonyl (C=O) groups is 1. The summed E-state index contributed by atoms with van der Waals surface area (Å²) in [4.78, 5) is 12.0. The molecule has 0 aliphatic carbocycles. The molecule has 1 aromatic carbocycles. The smallest absolute Gasteiger partial charge is 0.236 e. The zero-order valence-electron chi connectivity index (χ0n) is 14.0. The molecule has 0 saturated carbocycles. The minimum Gasteiger partial charge on any atom is -0.309 e. The van der Waals surface area contributed by atoms with Gasteiger partial charge in [-0.05, 0) is 18.9 Å². The van der Waals surface area contributed by atoms with Gasteiger partial charge >= 0.3 is 0 Å². The molecule has 0 aliphatic rings. The summed E-state index contributed by atoms with van der Waals surface area (Å²) < 4.78 is 1.94. The third-order valence-corrected chi connectivity index (χ3v) is 5.28. The van der Waals surface area contributed by atoms with Crippen LogP contribution in [0.2, 0.25) is 0 Å². The molecule has 0 spiro atoms. The van der Waals surface area contributed by atoms with Crippen molar-refractivity contribution in [3.8, 4) is 0 Å². The molecule has 2 aromatic heterocycles. The Bertz CT molecular complexity index is 845. The molecule has 0 fully saturated rings. The van der Waals surface area contributed by atoms with Gasteiger partial charge in [0.05, 0.1) is 5.75 Å². The molecule has 25 heavy (non-hydrogen) atoms. The van der Waals surface area contributed by atoms with Gasteiger partial charge < -0.3 is 4.57 Å². The Labute approximate surface area is 153 Å². The normalized spacial score (nSPS) is 10.8. The highest BCUT2D eigenvalue weighted by atomic mass is 32.2. The van der Waals surface area contributed by atoms with Crippen LogP contribution in [0.1, 0.15) is 16.4 Å². The first kappa shape index (κ1) is 17.6. The van der Waals surface area contributed by atoms with Crippen LogP contribution >= 0.6 is 23.1 Å². The van der Waals surface area contributed by atoms with E-state index in [0.29, 0.717) is 5.13 Å². The number of anilines is 1. The molecule has 3 rings (SSSR count). The van der Waals surface area contributed by atoms with Crippen LogP contribution in [-0.4, -0.2) is 36.6 Å². The Morgan fingerprint density at radius 2 is 1.96 bits per heavy atom. The lowest BCUT2D eigenvalue weighted by atomic mass is 10.1. The van der Waals surface area contributed by atoms with E-state index in [4.69, 9.17) is 0 Å². The third-order valence-electron chi connectivity index (χ3n) is 3.51. The molecule has 1 amide bonds. The van der Waals surface area contributed by atoms with Crippen LogP contribution in [0.5, 0.6) is 0 Å². The van der Waals surface area contributed by atoms with Crippen molar-refractivity contribution in [3.05, 3.63) is 46.7 Å². The van der Waals surface area contributed by atoms with Crippen molar-refractivity contribution in [1.29, 1.82) is 0 Å². The highest BCUT2D eigenvalue weighted by Gasteiger charge is 2.12. The Hall–Kier alpha value is -2.26. The molecule has 130 valence electrons. The minimum atomic E-state index is -0.130. The van der Waals surface area contributed by atoms with E-state index in [0.717, 1.165) is 28.8 Å². The van der Waals surface area contributed by atoms with Gasteiger partial charge in [0.1, 0.15) is 10.8 Å². The van der Waals surface area contributed by atoms with Crippen molar-refractivity contribution in [1.82, 2.24) is 25.0 Å². The molecule has 0 saturated heterocycles. The van der Waals surface area contributed by atoms with Gasteiger partial charge in [0.2, 0.25) is 11.0 Å². The molecule has 0 aliphatic heterocycles. The Kier molecular flexibility index (Phi) is 5.77. The number of hydrogen-bond acceptors (Lipinski definition) is 7. The average molecular weight is 374 g/mol. The maximum Gasteiger partial charge on any atom is 0.236 e. The van der Waals surface area contributed by atoms with Crippen molar-refractivity contribution in [2.75, 3.05) is 11.1 Å². The first-order valence-electron chi connectivity index (χ1n) is 7.77. The SMILES string of the molecule is Cc1nnc(NC(=O)CSc2nnc(CCc3ccccc3)n2C)s1. The zero-order valence-corrected chi connectivity index (χ0v) is 15.6. The zero-order chi connectivity index (χ0) is 17.6. The molecule has 9 heteroatoms. The van der Waals surface area contributed by atoms with Gasteiger partial charge in [0.25, 0.3) is 0 Å². The number of nitrogens with one attached hydrogen (secondary N) is 1. The fourth-order valence-corrected chi connectivity index (χ4v) is 3.56. The van der Waals surface area contributed by atoms with Crippen LogP contribution < -0.4 is 5.32 Å². The van der Waals surface area contributed by atoms with Crippen LogP contribution in [-0.2, 0) is 24.7 Å². The number of amides is 1.